The van der Waals surface area contributed by atoms with Crippen molar-refractivity contribution < 1.29 is 80.2 Å². The first-order chi connectivity index (χ1) is 52.4. The van der Waals surface area contributed by atoms with E-state index in [1.54, 1.807) is 0 Å². The molecule has 0 aromatic heterocycles. The third-order valence-corrected chi connectivity index (χ3v) is 22.6. The van der Waals surface area contributed by atoms with E-state index in [1.807, 2.05) is 0 Å². The summed E-state index contributed by atoms with van der Waals surface area (Å²) in [5, 5.41) is 10.7. The minimum atomic E-state index is -4.97. The molecule has 0 radical (unpaired) electrons. The van der Waals surface area contributed by atoms with Crippen molar-refractivity contribution >= 4 is 39.5 Å². The summed E-state index contributed by atoms with van der Waals surface area (Å²) in [6.45, 7) is 9.72. The molecular weight excluding hydrogens is 1400 g/mol. The average Bonchev–Trinajstić information content (AvgIpc) is 0.899. The van der Waals surface area contributed by atoms with E-state index in [0.717, 1.165) is 115 Å². The molecule has 0 aliphatic rings. The number of hydrogen-bond donors (Lipinski definition) is 3. The highest BCUT2D eigenvalue weighted by Gasteiger charge is 2.30. The minimum Gasteiger partial charge on any atom is -0.462 e. The van der Waals surface area contributed by atoms with Crippen molar-refractivity contribution in [2.75, 3.05) is 39.6 Å². The van der Waals surface area contributed by atoms with E-state index in [4.69, 9.17) is 37.0 Å². The molecule has 0 heterocycles. The van der Waals surface area contributed by atoms with Gasteiger partial charge in [-0.1, -0.05) is 400 Å². The van der Waals surface area contributed by atoms with Gasteiger partial charge >= 0.3 is 39.5 Å². The van der Waals surface area contributed by atoms with Crippen LogP contribution in [0.4, 0.5) is 0 Å². The van der Waals surface area contributed by atoms with Gasteiger partial charge in [-0.2, -0.15) is 0 Å². The molecule has 17 nitrogen and oxygen atoms in total. The molecule has 0 amide bonds. The highest BCUT2D eigenvalue weighted by Crippen LogP contribution is 2.45. The lowest BCUT2D eigenvalue weighted by Crippen LogP contribution is -2.30. The second-order valence-electron chi connectivity index (χ2n) is 32.0. The predicted molar refractivity (Wildman–Crippen MR) is 446 cm³/mol. The quantitative estimate of drug-likeness (QED) is 0.0169. The van der Waals surface area contributed by atoms with Crippen molar-refractivity contribution in [1.82, 2.24) is 0 Å². The van der Waals surface area contributed by atoms with Gasteiger partial charge in [0.15, 0.2) is 12.2 Å². The van der Waals surface area contributed by atoms with Crippen molar-refractivity contribution in [2.45, 2.75) is 471 Å². The lowest BCUT2D eigenvalue weighted by atomic mass is 9.99. The Morgan fingerprint density at radius 2 is 0.546 bits per heavy atom. The van der Waals surface area contributed by atoms with E-state index < -0.39 is 97.5 Å². The molecule has 0 rings (SSSR count). The van der Waals surface area contributed by atoms with E-state index in [9.17, 15) is 43.2 Å². The summed E-state index contributed by atoms with van der Waals surface area (Å²) in [6, 6.07) is 0. The van der Waals surface area contributed by atoms with E-state index in [1.165, 1.54) is 257 Å². The van der Waals surface area contributed by atoms with Gasteiger partial charge in [0.1, 0.15) is 19.3 Å². The summed E-state index contributed by atoms with van der Waals surface area (Å²) >= 11 is 0. The first-order valence-corrected chi connectivity index (χ1v) is 48.3. The predicted octanol–water partition coefficient (Wildman–Crippen LogP) is 27.0. The van der Waals surface area contributed by atoms with Crippen LogP contribution >= 0.6 is 15.6 Å². The fourth-order valence-electron chi connectivity index (χ4n) is 13.4. The normalized spacial score (nSPS) is 14.2. The molecule has 0 aromatic rings. The van der Waals surface area contributed by atoms with E-state index in [2.05, 4.69) is 65.8 Å². The van der Waals surface area contributed by atoms with Crippen molar-refractivity contribution in [3.8, 4) is 0 Å². The summed E-state index contributed by atoms with van der Waals surface area (Å²) in [6.07, 6.45) is 75.7. The van der Waals surface area contributed by atoms with Gasteiger partial charge in [-0.25, -0.2) is 9.13 Å². The first-order valence-electron chi connectivity index (χ1n) is 45.3. The number of aliphatic hydroxyl groups is 1. The van der Waals surface area contributed by atoms with Crippen LogP contribution in [-0.2, 0) is 65.4 Å². The number of phosphoric ester groups is 2. The van der Waals surface area contributed by atoms with E-state index in [0.29, 0.717) is 25.7 Å². The monoisotopic (exact) mass is 1570 g/mol. The maximum absolute atomic E-state index is 13.2. The first kappa shape index (κ1) is 106. The number of ether oxygens (including phenoxy) is 4. The maximum atomic E-state index is 13.2. The molecular formula is C89H170O17P2. The van der Waals surface area contributed by atoms with Crippen molar-refractivity contribution in [3.63, 3.8) is 0 Å². The number of rotatable bonds is 86. The highest BCUT2D eigenvalue weighted by atomic mass is 31.2. The molecule has 3 N–H and O–H groups in total. The highest BCUT2D eigenvalue weighted by molar-refractivity contribution is 7.47. The van der Waals surface area contributed by atoms with Crippen LogP contribution < -0.4 is 0 Å². The number of hydrogen-bond acceptors (Lipinski definition) is 15. The van der Waals surface area contributed by atoms with Gasteiger partial charge in [0.05, 0.1) is 26.4 Å². The van der Waals surface area contributed by atoms with Gasteiger partial charge in [0, 0.05) is 25.7 Å². The van der Waals surface area contributed by atoms with Crippen LogP contribution in [0.2, 0.25) is 0 Å². The summed E-state index contributed by atoms with van der Waals surface area (Å²) < 4.78 is 68.9. The Morgan fingerprint density at radius 1 is 0.306 bits per heavy atom. The third kappa shape index (κ3) is 80.2. The third-order valence-electron chi connectivity index (χ3n) is 20.7. The number of phosphoric acid groups is 2. The zero-order chi connectivity index (χ0) is 79.2. The molecule has 19 heteroatoms. The molecule has 0 fully saturated rings. The number of esters is 4. The lowest BCUT2D eigenvalue weighted by molar-refractivity contribution is -0.161. The number of carbonyl (C=O) groups excluding carboxylic acids is 4. The molecule has 0 bridgehead atoms. The Kier molecular flexibility index (Phi) is 77.9. The Hall–Kier alpha value is -2.46. The van der Waals surface area contributed by atoms with Crippen molar-refractivity contribution in [3.05, 3.63) is 24.3 Å². The number of unbranched alkanes of at least 4 members (excludes halogenated alkanes) is 52. The zero-order valence-corrected chi connectivity index (χ0v) is 72.4. The van der Waals surface area contributed by atoms with Crippen LogP contribution in [0.15, 0.2) is 24.3 Å². The van der Waals surface area contributed by atoms with Crippen LogP contribution in [0.1, 0.15) is 452 Å². The molecule has 0 spiro atoms. The Morgan fingerprint density at radius 3 is 0.833 bits per heavy atom. The fourth-order valence-corrected chi connectivity index (χ4v) is 15.0. The van der Waals surface area contributed by atoms with Crippen molar-refractivity contribution in [2.24, 2.45) is 11.8 Å². The Labute approximate surface area is 663 Å². The second-order valence-corrected chi connectivity index (χ2v) is 34.9. The summed E-state index contributed by atoms with van der Waals surface area (Å²) in [4.78, 5) is 73.3. The van der Waals surface area contributed by atoms with Gasteiger partial charge in [-0.15, -0.1) is 0 Å². The molecule has 3 unspecified atom stereocenters. The molecule has 638 valence electrons. The summed E-state index contributed by atoms with van der Waals surface area (Å²) in [7, 11) is -9.94. The van der Waals surface area contributed by atoms with E-state index >= 15 is 0 Å². The second kappa shape index (κ2) is 79.8. The van der Waals surface area contributed by atoms with Crippen LogP contribution in [0.5, 0.6) is 0 Å². The molecule has 108 heavy (non-hydrogen) atoms. The van der Waals surface area contributed by atoms with Crippen LogP contribution in [0.3, 0.4) is 0 Å². The van der Waals surface area contributed by atoms with Crippen molar-refractivity contribution in [1.29, 1.82) is 0 Å². The largest absolute Gasteiger partial charge is 0.472 e. The van der Waals surface area contributed by atoms with Gasteiger partial charge in [-0.05, 0) is 63.2 Å². The van der Waals surface area contributed by atoms with Gasteiger partial charge < -0.3 is 33.8 Å². The molecule has 6 atom stereocenters. The maximum Gasteiger partial charge on any atom is 0.472 e. The average molecular weight is 1570 g/mol. The minimum absolute atomic E-state index is 0.0857. The van der Waals surface area contributed by atoms with Crippen LogP contribution in [0.25, 0.3) is 0 Å². The number of allylic oxidation sites excluding steroid dienone is 4. The zero-order valence-electron chi connectivity index (χ0n) is 70.6. The molecule has 0 saturated carbocycles. The Balaban J connectivity index is 5.27. The molecule has 0 aliphatic heterocycles. The van der Waals surface area contributed by atoms with Gasteiger partial charge in [0.25, 0.3) is 0 Å². The number of carbonyl (C=O) groups is 4. The van der Waals surface area contributed by atoms with Crippen LogP contribution in [0, 0.1) is 11.8 Å². The SMILES string of the molecule is CCCCCC/C=C\C=C/CCCCCCCC(=O)O[C@H](COC(=O)CCCCCCCCCCCCCC)COP(=O)(O)OC[C@H](O)COP(=O)(O)OC[C@@H](COC(=O)CCCCCCCCCCCCCCCCCCC(C)C)OC(=O)CCCCCCCCCCCCCCCCCCCCC(C)CC. The standard InChI is InChI=1S/C89H170O17P2/c1-7-10-12-14-16-18-20-22-29-37-43-49-55-61-67-73-88(93)105-84(77-99-86(91)71-65-59-53-47-41-21-19-17-15-13-11-8-2)79-103-107(95,96)101-75-83(90)76-102-108(97,98)104-80-85(78-100-87(92)72-66-60-54-48-42-36-32-28-27-30-34-39-45-51-57-63-69-81(4)5)106-89(94)74-68-62-56-50-44-38-33-26-24-23-25-31-35-40-46-52-58-64-70-82(6)9-3/h18,20,22,29,81-85,90H,7-17,19,21,23-28,30-80H2,1-6H3,(H,95,96)(H,97,98)/b20-18-,29-22-/t82?,83-,84+,85+/m0/s1. The van der Waals surface area contributed by atoms with Gasteiger partial charge in [0.2, 0.25) is 0 Å². The molecule has 0 aliphatic carbocycles. The summed E-state index contributed by atoms with van der Waals surface area (Å²) in [5.41, 5.74) is 0. The fraction of sp³-hybridized carbons (Fsp3) is 0.910. The lowest BCUT2D eigenvalue weighted by Gasteiger charge is -2.21. The summed E-state index contributed by atoms with van der Waals surface area (Å²) in [5.74, 6) is -0.447. The molecule has 0 saturated heterocycles. The van der Waals surface area contributed by atoms with E-state index in [-0.39, 0.29) is 25.7 Å². The Bertz CT molecular complexity index is 2160. The number of aliphatic hydroxyl groups excluding tert-OH is 1. The van der Waals surface area contributed by atoms with Crippen LogP contribution in [-0.4, -0.2) is 96.7 Å². The van der Waals surface area contributed by atoms with Gasteiger partial charge in [-0.3, -0.25) is 37.3 Å². The molecule has 0 aromatic carbocycles. The smallest absolute Gasteiger partial charge is 0.462 e. The topological polar surface area (TPSA) is 237 Å².